The molecule has 1 saturated heterocycles. The zero-order valence-corrected chi connectivity index (χ0v) is 18.0. The number of carbonyl (C=O) groups excluding carboxylic acids is 1. The SMILES string of the molecule is CCCN(OCC)C(=O)C1=Cc2sc(CN)cc2N=C(N)C1.C[C@H]1CCCN1. The molecule has 0 radical (unpaired) electrons. The van der Waals surface area contributed by atoms with Gasteiger partial charge >= 0.3 is 0 Å². The Morgan fingerprint density at radius 3 is 2.79 bits per heavy atom. The van der Waals surface area contributed by atoms with Crippen molar-refractivity contribution < 1.29 is 9.63 Å². The lowest BCUT2D eigenvalue weighted by atomic mass is 10.1. The van der Waals surface area contributed by atoms with Crippen LogP contribution in [-0.2, 0) is 16.2 Å². The lowest BCUT2D eigenvalue weighted by molar-refractivity contribution is -0.180. The second kappa shape index (κ2) is 11.3. The number of fused-ring (bicyclic) bond motifs is 1. The Bertz CT molecular complexity index is 701. The number of nitrogens with two attached hydrogens (primary N) is 2. The quantitative estimate of drug-likeness (QED) is 0.629. The third-order valence-corrected chi connectivity index (χ3v) is 5.55. The summed E-state index contributed by atoms with van der Waals surface area (Å²) in [7, 11) is 0. The van der Waals surface area contributed by atoms with Gasteiger partial charge in [-0.3, -0.25) is 9.63 Å². The molecule has 3 rings (SSSR count). The van der Waals surface area contributed by atoms with Crippen LogP contribution in [0.15, 0.2) is 16.6 Å². The number of nitrogens with one attached hydrogen (secondary N) is 1. The summed E-state index contributed by atoms with van der Waals surface area (Å²) in [6, 6.07) is 2.72. The first-order chi connectivity index (χ1) is 13.5. The average Bonchev–Trinajstić information content (AvgIpc) is 3.26. The highest BCUT2D eigenvalue weighted by atomic mass is 32.1. The maximum atomic E-state index is 12.7. The van der Waals surface area contributed by atoms with Gasteiger partial charge in [-0.15, -0.1) is 11.3 Å². The largest absolute Gasteiger partial charge is 0.387 e. The lowest BCUT2D eigenvalue weighted by Crippen LogP contribution is -2.34. The van der Waals surface area contributed by atoms with Crippen LogP contribution in [0.5, 0.6) is 0 Å². The number of rotatable bonds is 6. The molecule has 2 aliphatic heterocycles. The van der Waals surface area contributed by atoms with Gasteiger partial charge in [0.15, 0.2) is 0 Å². The van der Waals surface area contributed by atoms with Gasteiger partial charge in [0, 0.05) is 36.0 Å². The molecule has 0 aliphatic carbocycles. The number of hydrogen-bond acceptors (Lipinski definition) is 7. The lowest BCUT2D eigenvalue weighted by Gasteiger charge is -2.21. The number of aliphatic imine (C=N–C) groups is 1. The van der Waals surface area contributed by atoms with Crippen LogP contribution in [0.25, 0.3) is 6.08 Å². The molecule has 8 heteroatoms. The number of hydrogen-bond donors (Lipinski definition) is 3. The molecule has 1 fully saturated rings. The monoisotopic (exact) mass is 407 g/mol. The zero-order valence-electron chi connectivity index (χ0n) is 17.2. The van der Waals surface area contributed by atoms with Crippen LogP contribution in [0.4, 0.5) is 5.69 Å². The normalized spacial score (nSPS) is 18.4. The second-order valence-electron chi connectivity index (χ2n) is 6.94. The van der Waals surface area contributed by atoms with E-state index in [1.165, 1.54) is 35.8 Å². The van der Waals surface area contributed by atoms with Gasteiger partial charge in [-0.2, -0.15) is 0 Å². The summed E-state index contributed by atoms with van der Waals surface area (Å²) >= 11 is 1.53. The highest BCUT2D eigenvalue weighted by molar-refractivity contribution is 7.13. The molecule has 1 aromatic rings. The molecule has 0 spiro atoms. The molecule has 3 heterocycles. The van der Waals surface area contributed by atoms with Crippen LogP contribution < -0.4 is 16.8 Å². The zero-order chi connectivity index (χ0) is 20.5. The van der Waals surface area contributed by atoms with Crippen LogP contribution in [0.2, 0.25) is 0 Å². The van der Waals surface area contributed by atoms with Gasteiger partial charge in [-0.25, -0.2) is 10.1 Å². The fourth-order valence-corrected chi connectivity index (χ4v) is 4.02. The molecular formula is C20H33N5O2S. The summed E-state index contributed by atoms with van der Waals surface area (Å²) in [5, 5.41) is 4.72. The Morgan fingerprint density at radius 2 is 2.25 bits per heavy atom. The first kappa shape index (κ1) is 22.5. The maximum absolute atomic E-state index is 12.7. The van der Waals surface area contributed by atoms with Gasteiger partial charge in [0.05, 0.1) is 17.2 Å². The molecule has 5 N–H and O–H groups in total. The summed E-state index contributed by atoms with van der Waals surface area (Å²) in [4.78, 5) is 24.4. The van der Waals surface area contributed by atoms with E-state index in [1.54, 1.807) is 0 Å². The van der Waals surface area contributed by atoms with E-state index in [9.17, 15) is 4.79 Å². The molecule has 0 saturated carbocycles. The molecule has 2 aliphatic rings. The smallest absolute Gasteiger partial charge is 0.273 e. The fourth-order valence-electron chi connectivity index (χ4n) is 3.08. The van der Waals surface area contributed by atoms with E-state index < -0.39 is 0 Å². The Labute approximate surface area is 171 Å². The van der Waals surface area contributed by atoms with Gasteiger partial charge in [-0.05, 0) is 51.8 Å². The number of nitrogens with zero attached hydrogens (tertiary/aromatic N) is 2. The van der Waals surface area contributed by atoms with Crippen molar-refractivity contribution in [1.29, 1.82) is 0 Å². The minimum atomic E-state index is -0.155. The molecule has 156 valence electrons. The molecule has 0 bridgehead atoms. The van der Waals surface area contributed by atoms with Crippen molar-refractivity contribution in [2.24, 2.45) is 16.5 Å². The molecule has 0 aromatic carbocycles. The molecule has 7 nitrogen and oxygen atoms in total. The molecule has 1 atom stereocenters. The van der Waals surface area contributed by atoms with Gasteiger partial charge in [0.2, 0.25) is 0 Å². The standard InChI is InChI=1S/C15H22N4O2S.C5H11N/c1-3-5-19(21-4-2)15(20)10-6-13-12(18-14(17)7-10)8-11(9-16)22-13;1-5-3-2-4-6-5/h6,8H,3-5,7,9,16H2,1-2H3,(H2,17,18);5-6H,2-4H2,1H3/t;5-/m.0/s1. The van der Waals surface area contributed by atoms with E-state index in [0.717, 1.165) is 27.9 Å². The van der Waals surface area contributed by atoms with Crippen LogP contribution in [0, 0.1) is 0 Å². The second-order valence-corrected chi connectivity index (χ2v) is 8.11. The molecule has 0 unspecified atom stereocenters. The summed E-state index contributed by atoms with van der Waals surface area (Å²) in [5.41, 5.74) is 13.0. The summed E-state index contributed by atoms with van der Waals surface area (Å²) in [6.07, 6.45) is 5.75. The van der Waals surface area contributed by atoms with E-state index in [2.05, 4.69) is 17.2 Å². The Balaban J connectivity index is 0.000000397. The van der Waals surface area contributed by atoms with Gasteiger partial charge in [-0.1, -0.05) is 6.92 Å². The fraction of sp³-hybridized carbons (Fsp3) is 0.600. The Morgan fingerprint density at radius 1 is 1.46 bits per heavy atom. The van der Waals surface area contributed by atoms with E-state index in [0.29, 0.717) is 37.5 Å². The van der Waals surface area contributed by atoms with Gasteiger partial charge < -0.3 is 16.8 Å². The number of amidine groups is 1. The molecule has 1 aromatic heterocycles. The number of amides is 1. The van der Waals surface area contributed by atoms with Crippen molar-refractivity contribution in [2.75, 3.05) is 19.7 Å². The average molecular weight is 408 g/mol. The van der Waals surface area contributed by atoms with Gasteiger partial charge in [0.25, 0.3) is 5.91 Å². The Hall–Kier alpha value is -1.74. The van der Waals surface area contributed by atoms with Crippen molar-refractivity contribution in [3.8, 4) is 0 Å². The van der Waals surface area contributed by atoms with Crippen LogP contribution >= 0.6 is 11.3 Å². The van der Waals surface area contributed by atoms with Crippen molar-refractivity contribution in [1.82, 2.24) is 10.4 Å². The molecule has 1 amide bonds. The minimum absolute atomic E-state index is 0.155. The summed E-state index contributed by atoms with van der Waals surface area (Å²) in [5.74, 6) is 0.269. The van der Waals surface area contributed by atoms with Crippen LogP contribution in [0.1, 0.15) is 56.2 Å². The molecular weight excluding hydrogens is 374 g/mol. The van der Waals surface area contributed by atoms with E-state index in [4.69, 9.17) is 16.3 Å². The van der Waals surface area contributed by atoms with E-state index in [-0.39, 0.29) is 5.91 Å². The predicted octanol–water partition coefficient (Wildman–Crippen LogP) is 2.93. The van der Waals surface area contributed by atoms with E-state index >= 15 is 0 Å². The maximum Gasteiger partial charge on any atom is 0.273 e. The third-order valence-electron chi connectivity index (χ3n) is 4.45. The topological polar surface area (TPSA) is 106 Å². The molecule has 28 heavy (non-hydrogen) atoms. The van der Waals surface area contributed by atoms with Crippen molar-refractivity contribution in [3.05, 3.63) is 21.4 Å². The first-order valence-electron chi connectivity index (χ1n) is 10.0. The van der Waals surface area contributed by atoms with Crippen LogP contribution in [-0.4, -0.2) is 42.5 Å². The van der Waals surface area contributed by atoms with Crippen molar-refractivity contribution >= 4 is 34.8 Å². The predicted molar refractivity (Wildman–Crippen MR) is 116 cm³/mol. The van der Waals surface area contributed by atoms with E-state index in [1.807, 2.05) is 26.0 Å². The van der Waals surface area contributed by atoms with Gasteiger partial charge in [0.1, 0.15) is 5.84 Å². The summed E-state index contributed by atoms with van der Waals surface area (Å²) in [6.45, 7) is 8.77. The number of carbonyl (C=O) groups is 1. The minimum Gasteiger partial charge on any atom is -0.387 e. The van der Waals surface area contributed by atoms with Crippen LogP contribution in [0.3, 0.4) is 0 Å². The van der Waals surface area contributed by atoms with Crippen molar-refractivity contribution in [2.45, 2.75) is 59.0 Å². The Kier molecular flexibility index (Phi) is 9.11. The summed E-state index contributed by atoms with van der Waals surface area (Å²) < 4.78 is 0. The number of thiophene rings is 1. The first-order valence-corrected chi connectivity index (χ1v) is 10.8. The van der Waals surface area contributed by atoms with Crippen molar-refractivity contribution in [3.63, 3.8) is 0 Å². The highest BCUT2D eigenvalue weighted by Gasteiger charge is 2.22. The number of hydroxylamine groups is 2. The highest BCUT2D eigenvalue weighted by Crippen LogP contribution is 2.34. The third kappa shape index (κ3) is 6.41.